The normalized spacial score (nSPS) is 17.7. The highest BCUT2D eigenvalue weighted by Gasteiger charge is 2.33. The minimum absolute atomic E-state index is 0.0850. The molecule has 0 spiro atoms. The van der Waals surface area contributed by atoms with Gasteiger partial charge >= 0.3 is 0 Å². The van der Waals surface area contributed by atoms with E-state index in [2.05, 4.69) is 4.90 Å². The van der Waals surface area contributed by atoms with E-state index in [0.29, 0.717) is 13.1 Å². The molecule has 0 saturated carbocycles. The third-order valence-corrected chi connectivity index (χ3v) is 4.61. The minimum Gasteiger partial charge on any atom is -0.347 e. The van der Waals surface area contributed by atoms with Gasteiger partial charge in [0.05, 0.1) is 0 Å². The summed E-state index contributed by atoms with van der Waals surface area (Å²) >= 11 is 0. The van der Waals surface area contributed by atoms with Crippen LogP contribution >= 0.6 is 0 Å². The fourth-order valence-electron chi connectivity index (χ4n) is 3.26. The van der Waals surface area contributed by atoms with Gasteiger partial charge in [0.1, 0.15) is 6.04 Å². The maximum absolute atomic E-state index is 12.8. The predicted molar refractivity (Wildman–Crippen MR) is 100 cm³/mol. The first-order valence-corrected chi connectivity index (χ1v) is 9.01. The zero-order valence-corrected chi connectivity index (χ0v) is 16.2. The maximum Gasteiger partial charge on any atom is 0.244 e. The van der Waals surface area contributed by atoms with E-state index in [0.717, 1.165) is 25.1 Å². The van der Waals surface area contributed by atoms with Crippen molar-refractivity contribution in [2.75, 3.05) is 40.3 Å². The number of likely N-dealkylation sites (N-methyl/N-ethyl adjacent to an activating group) is 1. The molecular weight excluding hydrogens is 314 g/mol. The van der Waals surface area contributed by atoms with E-state index < -0.39 is 0 Å². The van der Waals surface area contributed by atoms with Gasteiger partial charge in [0.25, 0.3) is 0 Å². The zero-order valence-electron chi connectivity index (χ0n) is 16.2. The molecular formula is C20H31N3O2. The summed E-state index contributed by atoms with van der Waals surface area (Å²) in [6.07, 6.45) is 0.881. The Balaban J connectivity index is 2.19. The molecule has 25 heavy (non-hydrogen) atoms. The van der Waals surface area contributed by atoms with E-state index >= 15 is 0 Å². The summed E-state index contributed by atoms with van der Waals surface area (Å²) in [4.78, 5) is 31.2. The van der Waals surface area contributed by atoms with Gasteiger partial charge in [0, 0.05) is 45.7 Å². The van der Waals surface area contributed by atoms with E-state index in [9.17, 15) is 9.59 Å². The highest BCUT2D eigenvalue weighted by atomic mass is 16.2. The van der Waals surface area contributed by atoms with E-state index in [1.807, 2.05) is 56.0 Å². The number of amides is 2. The van der Waals surface area contributed by atoms with Crippen LogP contribution in [0.15, 0.2) is 30.3 Å². The average Bonchev–Trinajstić information content (AvgIpc) is 2.80. The van der Waals surface area contributed by atoms with Gasteiger partial charge in [-0.2, -0.15) is 0 Å². The summed E-state index contributed by atoms with van der Waals surface area (Å²) in [5, 5.41) is 0. The minimum atomic E-state index is -0.368. The van der Waals surface area contributed by atoms with Crippen LogP contribution in [0.25, 0.3) is 0 Å². The molecule has 1 aliphatic rings. The van der Waals surface area contributed by atoms with Crippen LogP contribution in [0.4, 0.5) is 0 Å². The first-order valence-electron chi connectivity index (χ1n) is 9.01. The Labute approximate surface area is 151 Å². The second-order valence-corrected chi connectivity index (χ2v) is 7.98. The molecule has 2 amide bonds. The first kappa shape index (κ1) is 19.4. The van der Waals surface area contributed by atoms with Crippen molar-refractivity contribution in [1.29, 1.82) is 0 Å². The Morgan fingerprint density at radius 3 is 2.20 bits per heavy atom. The largest absolute Gasteiger partial charge is 0.347 e. The molecule has 0 aliphatic carbocycles. The van der Waals surface area contributed by atoms with Gasteiger partial charge in [0.15, 0.2) is 0 Å². The van der Waals surface area contributed by atoms with Crippen molar-refractivity contribution in [3.05, 3.63) is 35.9 Å². The number of hydrogen-bond donors (Lipinski definition) is 0. The number of nitrogens with zero attached hydrogens (tertiary/aromatic N) is 3. The van der Waals surface area contributed by atoms with Crippen molar-refractivity contribution < 1.29 is 9.59 Å². The lowest BCUT2D eigenvalue weighted by atomic mass is 9.94. The van der Waals surface area contributed by atoms with Crippen molar-refractivity contribution in [2.24, 2.45) is 5.41 Å². The highest BCUT2D eigenvalue weighted by Crippen LogP contribution is 2.25. The van der Waals surface area contributed by atoms with Crippen LogP contribution in [-0.2, 0) is 9.59 Å². The SMILES string of the molecule is CN(C)C(=O)C(c1ccccc1)N1CCCN(C(=O)C(C)(C)C)CC1. The zero-order chi connectivity index (χ0) is 18.6. The molecule has 0 N–H and O–H groups in total. The lowest BCUT2D eigenvalue weighted by Crippen LogP contribution is -2.44. The Kier molecular flexibility index (Phi) is 6.22. The molecule has 1 aromatic carbocycles. The number of carbonyl (C=O) groups is 2. The molecule has 5 heteroatoms. The van der Waals surface area contributed by atoms with Crippen LogP contribution in [0.1, 0.15) is 38.8 Å². The van der Waals surface area contributed by atoms with Crippen LogP contribution in [0.2, 0.25) is 0 Å². The van der Waals surface area contributed by atoms with Crippen LogP contribution in [0, 0.1) is 5.41 Å². The number of hydrogen-bond acceptors (Lipinski definition) is 3. The summed E-state index contributed by atoms with van der Waals surface area (Å²) in [6, 6.07) is 9.63. The second-order valence-electron chi connectivity index (χ2n) is 7.98. The number of rotatable bonds is 3. The average molecular weight is 345 g/mol. The van der Waals surface area contributed by atoms with Gasteiger partial charge in [-0.1, -0.05) is 51.1 Å². The molecule has 1 aliphatic heterocycles. The van der Waals surface area contributed by atoms with Gasteiger partial charge in [-0.15, -0.1) is 0 Å². The summed E-state index contributed by atoms with van der Waals surface area (Å²) < 4.78 is 0. The molecule has 1 atom stereocenters. The Bertz CT molecular complexity index is 593. The van der Waals surface area contributed by atoms with Gasteiger partial charge in [0.2, 0.25) is 11.8 Å². The molecule has 5 nitrogen and oxygen atoms in total. The van der Waals surface area contributed by atoms with Crippen molar-refractivity contribution >= 4 is 11.8 Å². The number of carbonyl (C=O) groups excluding carboxylic acids is 2. The van der Waals surface area contributed by atoms with Crippen LogP contribution < -0.4 is 0 Å². The molecule has 2 rings (SSSR count). The Hall–Kier alpha value is -1.88. The van der Waals surface area contributed by atoms with E-state index in [-0.39, 0.29) is 23.3 Å². The summed E-state index contributed by atoms with van der Waals surface area (Å²) in [7, 11) is 3.59. The van der Waals surface area contributed by atoms with Crippen molar-refractivity contribution in [3.8, 4) is 0 Å². The molecule has 138 valence electrons. The molecule has 0 radical (unpaired) electrons. The van der Waals surface area contributed by atoms with Gasteiger partial charge in [-0.05, 0) is 12.0 Å². The molecule has 1 heterocycles. The molecule has 1 saturated heterocycles. The van der Waals surface area contributed by atoms with Crippen molar-refractivity contribution in [2.45, 2.75) is 33.2 Å². The van der Waals surface area contributed by atoms with Crippen molar-refractivity contribution in [3.63, 3.8) is 0 Å². The number of benzene rings is 1. The third kappa shape index (κ3) is 4.82. The second kappa shape index (κ2) is 8.00. The lowest BCUT2D eigenvalue weighted by Gasteiger charge is -2.32. The van der Waals surface area contributed by atoms with Crippen molar-refractivity contribution in [1.82, 2.24) is 14.7 Å². The van der Waals surface area contributed by atoms with Gasteiger partial charge < -0.3 is 9.80 Å². The van der Waals surface area contributed by atoms with E-state index in [4.69, 9.17) is 0 Å². The molecule has 1 unspecified atom stereocenters. The topological polar surface area (TPSA) is 43.9 Å². The smallest absolute Gasteiger partial charge is 0.244 e. The molecule has 0 aromatic heterocycles. The van der Waals surface area contributed by atoms with Crippen LogP contribution in [0.5, 0.6) is 0 Å². The molecule has 1 aromatic rings. The van der Waals surface area contributed by atoms with E-state index in [1.54, 1.807) is 19.0 Å². The highest BCUT2D eigenvalue weighted by molar-refractivity contribution is 5.83. The predicted octanol–water partition coefficient (Wildman–Crippen LogP) is 2.40. The molecule has 0 bridgehead atoms. The summed E-state index contributed by atoms with van der Waals surface area (Å²) in [6.45, 7) is 8.82. The fourth-order valence-corrected chi connectivity index (χ4v) is 3.26. The maximum atomic E-state index is 12.8. The van der Waals surface area contributed by atoms with Crippen LogP contribution in [0.3, 0.4) is 0 Å². The first-order chi connectivity index (χ1) is 11.7. The summed E-state index contributed by atoms with van der Waals surface area (Å²) in [5.74, 6) is 0.270. The summed E-state index contributed by atoms with van der Waals surface area (Å²) in [5.41, 5.74) is 0.643. The quantitative estimate of drug-likeness (QED) is 0.845. The van der Waals surface area contributed by atoms with Crippen LogP contribution in [-0.4, -0.2) is 66.8 Å². The standard InChI is InChI=1S/C20H31N3O2/c1-20(2,3)19(25)23-13-9-12-22(14-15-23)17(18(24)21(4)5)16-10-7-6-8-11-16/h6-8,10-11,17H,9,12-15H2,1-5H3. The Morgan fingerprint density at radius 1 is 1.00 bits per heavy atom. The Morgan fingerprint density at radius 2 is 1.64 bits per heavy atom. The monoisotopic (exact) mass is 345 g/mol. The molecule has 1 fully saturated rings. The fraction of sp³-hybridized carbons (Fsp3) is 0.600. The van der Waals surface area contributed by atoms with E-state index in [1.165, 1.54) is 0 Å². The third-order valence-electron chi connectivity index (χ3n) is 4.61. The lowest BCUT2D eigenvalue weighted by molar-refractivity contribution is -0.139. The van der Waals surface area contributed by atoms with Gasteiger partial charge in [-0.25, -0.2) is 0 Å². The van der Waals surface area contributed by atoms with Gasteiger partial charge in [-0.3, -0.25) is 14.5 Å².